The van der Waals surface area contributed by atoms with Crippen molar-refractivity contribution >= 4 is 17.5 Å². The number of likely N-dealkylation sites (tertiary alicyclic amines) is 1. The lowest BCUT2D eigenvalue weighted by Gasteiger charge is -2.29. The molecule has 1 fully saturated rings. The number of nitrogens with zero attached hydrogens (tertiary/aromatic N) is 1. The molecule has 5 heteroatoms. The molecule has 0 aromatic rings. The summed E-state index contributed by atoms with van der Waals surface area (Å²) < 4.78 is 0. The van der Waals surface area contributed by atoms with Crippen molar-refractivity contribution in [2.45, 2.75) is 78.2 Å². The standard InChI is InChI=1S/C21H31NO4/c1-14-15(2)20(25)17(16(3)19(14)24)8-10-21(4,26)11-9-18(23)22-12-6-5-7-13-22/h26H,5-13H2,1-4H3. The second kappa shape index (κ2) is 8.30. The fraction of sp³-hybridized carbons (Fsp3) is 0.667. The third-order valence-electron chi connectivity index (χ3n) is 5.81. The second-order valence-corrected chi connectivity index (χ2v) is 7.95. The Kier molecular flexibility index (Phi) is 6.56. The number of piperidine rings is 1. The summed E-state index contributed by atoms with van der Waals surface area (Å²) in [5.74, 6) is -0.0875. The average molecular weight is 361 g/mol. The summed E-state index contributed by atoms with van der Waals surface area (Å²) in [5, 5.41) is 10.6. The zero-order chi connectivity index (χ0) is 19.5. The van der Waals surface area contributed by atoms with Gasteiger partial charge in [-0.25, -0.2) is 0 Å². The first-order valence-corrected chi connectivity index (χ1v) is 9.61. The van der Waals surface area contributed by atoms with Gasteiger partial charge in [-0.2, -0.15) is 0 Å². The smallest absolute Gasteiger partial charge is 0.222 e. The van der Waals surface area contributed by atoms with Crippen LogP contribution < -0.4 is 0 Å². The maximum atomic E-state index is 12.5. The van der Waals surface area contributed by atoms with Crippen molar-refractivity contribution in [3.05, 3.63) is 22.3 Å². The number of hydrogen-bond acceptors (Lipinski definition) is 4. The van der Waals surface area contributed by atoms with E-state index in [2.05, 4.69) is 0 Å². The van der Waals surface area contributed by atoms with Crippen molar-refractivity contribution in [3.8, 4) is 0 Å². The minimum absolute atomic E-state index is 0.0861. The van der Waals surface area contributed by atoms with Crippen LogP contribution in [0.15, 0.2) is 22.3 Å². The van der Waals surface area contributed by atoms with Gasteiger partial charge in [0.25, 0.3) is 0 Å². The van der Waals surface area contributed by atoms with Crippen molar-refractivity contribution in [2.75, 3.05) is 13.1 Å². The summed E-state index contributed by atoms with van der Waals surface area (Å²) in [6.45, 7) is 8.37. The van der Waals surface area contributed by atoms with Crippen LogP contribution in [0.1, 0.15) is 72.6 Å². The zero-order valence-electron chi connectivity index (χ0n) is 16.5. The van der Waals surface area contributed by atoms with Crippen molar-refractivity contribution in [3.63, 3.8) is 0 Å². The lowest BCUT2D eigenvalue weighted by Crippen LogP contribution is -2.37. The Balaban J connectivity index is 1.92. The number of hydrogen-bond donors (Lipinski definition) is 1. The molecule has 1 atom stereocenters. The zero-order valence-corrected chi connectivity index (χ0v) is 16.5. The number of Topliss-reactive ketones (excluding diaryl/α,β-unsaturated/α-hetero) is 2. The normalized spacial score (nSPS) is 21.3. The Labute approximate surface area is 156 Å². The van der Waals surface area contributed by atoms with Gasteiger partial charge < -0.3 is 10.0 Å². The predicted octanol–water partition coefficient (Wildman–Crippen LogP) is 3.12. The molecule has 1 aliphatic heterocycles. The molecule has 1 aliphatic carbocycles. The van der Waals surface area contributed by atoms with E-state index < -0.39 is 5.60 Å². The maximum absolute atomic E-state index is 12.5. The number of allylic oxidation sites excluding steroid dienone is 4. The van der Waals surface area contributed by atoms with Gasteiger partial charge in [-0.1, -0.05) is 0 Å². The van der Waals surface area contributed by atoms with Crippen LogP contribution >= 0.6 is 0 Å². The quantitative estimate of drug-likeness (QED) is 0.738. The van der Waals surface area contributed by atoms with E-state index in [1.165, 1.54) is 6.42 Å². The van der Waals surface area contributed by atoms with E-state index in [9.17, 15) is 19.5 Å². The van der Waals surface area contributed by atoms with E-state index in [-0.39, 0.29) is 17.5 Å². The molecular weight excluding hydrogens is 330 g/mol. The predicted molar refractivity (Wildman–Crippen MR) is 101 cm³/mol. The first-order valence-electron chi connectivity index (χ1n) is 9.61. The van der Waals surface area contributed by atoms with Crippen LogP contribution in [0, 0.1) is 0 Å². The molecular formula is C21H31NO4. The van der Waals surface area contributed by atoms with Crippen LogP contribution in [0.4, 0.5) is 0 Å². The van der Waals surface area contributed by atoms with Gasteiger partial charge >= 0.3 is 0 Å². The summed E-state index contributed by atoms with van der Waals surface area (Å²) >= 11 is 0. The van der Waals surface area contributed by atoms with Gasteiger partial charge in [0.1, 0.15) is 0 Å². The van der Waals surface area contributed by atoms with Crippen LogP contribution in [0.3, 0.4) is 0 Å². The van der Waals surface area contributed by atoms with Gasteiger partial charge in [-0.3, -0.25) is 14.4 Å². The van der Waals surface area contributed by atoms with Gasteiger partial charge in [0, 0.05) is 41.8 Å². The van der Waals surface area contributed by atoms with Crippen LogP contribution in [0.25, 0.3) is 0 Å². The SMILES string of the molecule is CC1=C(C)C(=O)C(CCC(C)(O)CCC(=O)N2CCCCC2)=C(C)C1=O. The molecule has 0 saturated carbocycles. The minimum atomic E-state index is -1.04. The van der Waals surface area contributed by atoms with Crippen molar-refractivity contribution in [2.24, 2.45) is 0 Å². The Morgan fingerprint density at radius 2 is 1.54 bits per heavy atom. The third-order valence-corrected chi connectivity index (χ3v) is 5.81. The molecule has 1 unspecified atom stereocenters. The molecule has 0 aromatic heterocycles. The van der Waals surface area contributed by atoms with Crippen LogP contribution in [0.2, 0.25) is 0 Å². The lowest BCUT2D eigenvalue weighted by molar-refractivity contribution is -0.133. The van der Waals surface area contributed by atoms with Crippen molar-refractivity contribution < 1.29 is 19.5 Å². The van der Waals surface area contributed by atoms with Gasteiger partial charge in [-0.15, -0.1) is 0 Å². The van der Waals surface area contributed by atoms with Gasteiger partial charge in [0.05, 0.1) is 5.60 Å². The molecule has 5 nitrogen and oxygen atoms in total. The van der Waals surface area contributed by atoms with Crippen molar-refractivity contribution in [1.82, 2.24) is 4.90 Å². The molecule has 144 valence electrons. The average Bonchev–Trinajstić information content (AvgIpc) is 2.63. The van der Waals surface area contributed by atoms with Crippen LogP contribution in [-0.4, -0.2) is 46.2 Å². The van der Waals surface area contributed by atoms with E-state index in [0.29, 0.717) is 48.0 Å². The topological polar surface area (TPSA) is 74.7 Å². The van der Waals surface area contributed by atoms with Crippen molar-refractivity contribution in [1.29, 1.82) is 0 Å². The Morgan fingerprint density at radius 3 is 2.15 bits per heavy atom. The highest BCUT2D eigenvalue weighted by Gasteiger charge is 2.30. The van der Waals surface area contributed by atoms with E-state index in [1.807, 2.05) is 4.90 Å². The molecule has 1 N–H and O–H groups in total. The Bertz CT molecular complexity index is 663. The molecule has 1 saturated heterocycles. The summed E-state index contributed by atoms with van der Waals surface area (Å²) in [6.07, 6.45) is 4.68. The molecule has 2 aliphatic rings. The monoisotopic (exact) mass is 361 g/mol. The van der Waals surface area contributed by atoms with Gasteiger partial charge in [-0.05, 0) is 66.2 Å². The molecule has 0 aromatic carbocycles. The number of rotatable bonds is 6. The van der Waals surface area contributed by atoms with E-state index in [4.69, 9.17) is 0 Å². The largest absolute Gasteiger partial charge is 0.390 e. The molecule has 0 bridgehead atoms. The van der Waals surface area contributed by atoms with Gasteiger partial charge in [0.2, 0.25) is 5.91 Å². The molecule has 0 radical (unpaired) electrons. The summed E-state index contributed by atoms with van der Waals surface area (Å²) in [5.41, 5.74) is 0.955. The van der Waals surface area contributed by atoms with Crippen LogP contribution in [0.5, 0.6) is 0 Å². The third kappa shape index (κ3) is 4.70. The highest BCUT2D eigenvalue weighted by Crippen LogP contribution is 2.30. The lowest BCUT2D eigenvalue weighted by atomic mass is 9.82. The molecule has 1 heterocycles. The maximum Gasteiger partial charge on any atom is 0.222 e. The summed E-state index contributed by atoms with van der Waals surface area (Å²) in [4.78, 5) is 38.9. The summed E-state index contributed by atoms with van der Waals surface area (Å²) in [6, 6.07) is 0. The first kappa shape index (κ1) is 20.6. The number of aliphatic hydroxyl groups is 1. The Hall–Kier alpha value is -1.75. The fourth-order valence-electron chi connectivity index (χ4n) is 3.65. The number of amides is 1. The van der Waals surface area contributed by atoms with E-state index in [0.717, 1.165) is 25.9 Å². The van der Waals surface area contributed by atoms with E-state index >= 15 is 0 Å². The van der Waals surface area contributed by atoms with E-state index in [1.54, 1.807) is 27.7 Å². The molecule has 2 rings (SSSR count). The fourth-order valence-corrected chi connectivity index (χ4v) is 3.65. The highest BCUT2D eigenvalue weighted by atomic mass is 16.3. The molecule has 0 spiro atoms. The second-order valence-electron chi connectivity index (χ2n) is 7.95. The van der Waals surface area contributed by atoms with Crippen LogP contribution in [-0.2, 0) is 14.4 Å². The molecule has 26 heavy (non-hydrogen) atoms. The molecule has 1 amide bonds. The summed E-state index contributed by atoms with van der Waals surface area (Å²) in [7, 11) is 0. The Morgan fingerprint density at radius 1 is 0.962 bits per heavy atom. The highest BCUT2D eigenvalue weighted by molar-refractivity contribution is 6.24. The number of carbonyl (C=O) groups is 3. The minimum Gasteiger partial charge on any atom is -0.390 e. The number of ketones is 2. The first-order chi connectivity index (χ1) is 12.1. The van der Waals surface area contributed by atoms with Gasteiger partial charge in [0.15, 0.2) is 11.6 Å². The number of carbonyl (C=O) groups excluding carboxylic acids is 3.